The molecule has 0 spiro atoms. The number of methoxy groups -OCH3 is 1. The molecule has 0 radical (unpaired) electrons. The van der Waals surface area contributed by atoms with E-state index in [1.807, 2.05) is 13.8 Å². The summed E-state index contributed by atoms with van der Waals surface area (Å²) in [6.45, 7) is 3.88. The number of rotatable bonds is 7. The average molecular weight is 268 g/mol. The van der Waals surface area contributed by atoms with Gasteiger partial charge in [-0.2, -0.15) is 0 Å². The maximum atomic E-state index is 13.5. The standard InChI is InChI=1S/C15H21FO3/c1-4-11(5-2)15(18)13(17)9-10-6-7-14(19-3)12(16)8-10/h6-8,11,15,18H,4-5,9H2,1-3H3. The number of benzene rings is 1. The quantitative estimate of drug-likeness (QED) is 0.827. The Kier molecular flexibility index (Phi) is 5.96. The zero-order valence-corrected chi connectivity index (χ0v) is 11.6. The predicted molar refractivity (Wildman–Crippen MR) is 71.7 cm³/mol. The van der Waals surface area contributed by atoms with Crippen LogP contribution in [-0.2, 0) is 11.2 Å². The molecule has 0 aliphatic heterocycles. The van der Waals surface area contributed by atoms with E-state index >= 15 is 0 Å². The zero-order valence-electron chi connectivity index (χ0n) is 11.6. The fourth-order valence-corrected chi connectivity index (χ4v) is 2.12. The Bertz CT molecular complexity index is 427. The molecular formula is C15H21FO3. The van der Waals surface area contributed by atoms with Crippen LogP contribution in [0.25, 0.3) is 0 Å². The summed E-state index contributed by atoms with van der Waals surface area (Å²) in [6, 6.07) is 4.40. The number of aliphatic hydroxyl groups excluding tert-OH is 1. The molecule has 0 fully saturated rings. The molecule has 4 heteroatoms. The van der Waals surface area contributed by atoms with E-state index in [0.29, 0.717) is 5.56 Å². The summed E-state index contributed by atoms with van der Waals surface area (Å²) in [5, 5.41) is 9.94. The van der Waals surface area contributed by atoms with E-state index in [-0.39, 0.29) is 23.9 Å². The molecule has 1 aromatic carbocycles. The number of halogens is 1. The van der Waals surface area contributed by atoms with Crippen molar-refractivity contribution >= 4 is 5.78 Å². The van der Waals surface area contributed by atoms with Gasteiger partial charge in [-0.15, -0.1) is 0 Å². The van der Waals surface area contributed by atoms with Crippen LogP contribution in [0.5, 0.6) is 5.75 Å². The second-order valence-corrected chi connectivity index (χ2v) is 4.63. The number of carbonyl (C=O) groups excluding carboxylic acids is 1. The minimum Gasteiger partial charge on any atom is -0.494 e. The lowest BCUT2D eigenvalue weighted by Gasteiger charge is -2.18. The smallest absolute Gasteiger partial charge is 0.165 e. The molecule has 0 aliphatic carbocycles. The van der Waals surface area contributed by atoms with E-state index in [2.05, 4.69) is 0 Å². The van der Waals surface area contributed by atoms with Gasteiger partial charge in [-0.1, -0.05) is 32.8 Å². The van der Waals surface area contributed by atoms with Crippen molar-refractivity contribution in [2.75, 3.05) is 7.11 Å². The molecule has 19 heavy (non-hydrogen) atoms. The van der Waals surface area contributed by atoms with Gasteiger partial charge >= 0.3 is 0 Å². The third-order valence-electron chi connectivity index (χ3n) is 3.42. The molecule has 1 atom stereocenters. The highest BCUT2D eigenvalue weighted by Gasteiger charge is 2.23. The molecule has 0 aromatic heterocycles. The molecule has 0 aliphatic rings. The van der Waals surface area contributed by atoms with Gasteiger partial charge in [-0.05, 0) is 23.6 Å². The summed E-state index contributed by atoms with van der Waals surface area (Å²) in [7, 11) is 1.39. The topological polar surface area (TPSA) is 46.5 Å². The lowest BCUT2D eigenvalue weighted by molar-refractivity contribution is -0.129. The van der Waals surface area contributed by atoms with E-state index in [4.69, 9.17) is 4.74 Å². The SMILES string of the molecule is CCC(CC)C(O)C(=O)Cc1ccc(OC)c(F)c1. The van der Waals surface area contributed by atoms with Crippen LogP contribution >= 0.6 is 0 Å². The molecule has 1 aromatic rings. The number of ether oxygens (including phenoxy) is 1. The first-order valence-corrected chi connectivity index (χ1v) is 6.56. The lowest BCUT2D eigenvalue weighted by atomic mass is 9.91. The Morgan fingerprint density at radius 2 is 2.00 bits per heavy atom. The molecule has 0 heterocycles. The van der Waals surface area contributed by atoms with Crippen LogP contribution < -0.4 is 4.74 Å². The number of Topliss-reactive ketones (excluding diaryl/α,β-unsaturated/α-hetero) is 1. The summed E-state index contributed by atoms with van der Waals surface area (Å²) in [6.07, 6.45) is 0.569. The molecule has 106 valence electrons. The van der Waals surface area contributed by atoms with Gasteiger partial charge in [0.05, 0.1) is 7.11 Å². The molecular weight excluding hydrogens is 247 g/mol. The highest BCUT2D eigenvalue weighted by atomic mass is 19.1. The highest BCUT2D eigenvalue weighted by Crippen LogP contribution is 2.20. The Hall–Kier alpha value is -1.42. The largest absolute Gasteiger partial charge is 0.494 e. The maximum Gasteiger partial charge on any atom is 0.165 e. The first-order valence-electron chi connectivity index (χ1n) is 6.56. The molecule has 1 N–H and O–H groups in total. The van der Waals surface area contributed by atoms with E-state index in [1.54, 1.807) is 6.07 Å². The maximum absolute atomic E-state index is 13.5. The first-order chi connectivity index (χ1) is 9.03. The van der Waals surface area contributed by atoms with Crippen molar-refractivity contribution in [3.8, 4) is 5.75 Å². The number of aliphatic hydroxyl groups is 1. The van der Waals surface area contributed by atoms with Crippen molar-refractivity contribution in [3.63, 3.8) is 0 Å². The predicted octanol–water partition coefficient (Wildman–Crippen LogP) is 2.74. The van der Waals surface area contributed by atoms with Crippen LogP contribution in [0.1, 0.15) is 32.3 Å². The molecule has 0 bridgehead atoms. The summed E-state index contributed by atoms with van der Waals surface area (Å²) < 4.78 is 18.3. The second kappa shape index (κ2) is 7.24. The molecule has 0 saturated heterocycles. The van der Waals surface area contributed by atoms with Crippen molar-refractivity contribution in [2.24, 2.45) is 5.92 Å². The van der Waals surface area contributed by atoms with Crippen molar-refractivity contribution < 1.29 is 19.0 Å². The Morgan fingerprint density at radius 3 is 2.47 bits per heavy atom. The molecule has 0 amide bonds. The molecule has 1 unspecified atom stereocenters. The average Bonchev–Trinajstić information content (AvgIpc) is 2.40. The van der Waals surface area contributed by atoms with Crippen molar-refractivity contribution in [2.45, 2.75) is 39.2 Å². The minimum atomic E-state index is -0.972. The van der Waals surface area contributed by atoms with Gasteiger partial charge in [0, 0.05) is 6.42 Å². The minimum absolute atomic E-state index is 0.0319. The fourth-order valence-electron chi connectivity index (χ4n) is 2.12. The Labute approximate surface area is 113 Å². The van der Waals surface area contributed by atoms with Gasteiger partial charge in [0.15, 0.2) is 17.3 Å². The molecule has 1 rings (SSSR count). The van der Waals surface area contributed by atoms with Crippen LogP contribution in [0.4, 0.5) is 4.39 Å². The fraction of sp³-hybridized carbons (Fsp3) is 0.533. The number of hydrogen-bond acceptors (Lipinski definition) is 3. The molecule has 3 nitrogen and oxygen atoms in total. The summed E-state index contributed by atoms with van der Waals surface area (Å²) >= 11 is 0. The van der Waals surface area contributed by atoms with Crippen LogP contribution in [-0.4, -0.2) is 24.1 Å². The van der Waals surface area contributed by atoms with E-state index in [0.717, 1.165) is 12.8 Å². The van der Waals surface area contributed by atoms with Gasteiger partial charge in [-0.25, -0.2) is 4.39 Å². The first kappa shape index (κ1) is 15.6. The van der Waals surface area contributed by atoms with Crippen molar-refractivity contribution in [3.05, 3.63) is 29.6 Å². The lowest BCUT2D eigenvalue weighted by Crippen LogP contribution is -2.30. The van der Waals surface area contributed by atoms with Crippen LogP contribution in [0, 0.1) is 11.7 Å². The summed E-state index contributed by atoms with van der Waals surface area (Å²) in [4.78, 5) is 11.9. The van der Waals surface area contributed by atoms with Crippen molar-refractivity contribution in [1.29, 1.82) is 0 Å². The van der Waals surface area contributed by atoms with Gasteiger partial charge in [0.2, 0.25) is 0 Å². The van der Waals surface area contributed by atoms with Crippen molar-refractivity contribution in [1.82, 2.24) is 0 Å². The normalized spacial score (nSPS) is 12.5. The number of ketones is 1. The van der Waals surface area contributed by atoms with Crippen LogP contribution in [0.15, 0.2) is 18.2 Å². The third-order valence-corrected chi connectivity index (χ3v) is 3.42. The third kappa shape index (κ3) is 4.03. The summed E-state index contributed by atoms with van der Waals surface area (Å²) in [5.74, 6) is -0.643. The van der Waals surface area contributed by atoms with Crippen LogP contribution in [0.2, 0.25) is 0 Å². The number of carbonyl (C=O) groups is 1. The zero-order chi connectivity index (χ0) is 14.4. The number of hydrogen-bond donors (Lipinski definition) is 1. The Morgan fingerprint density at radius 1 is 1.37 bits per heavy atom. The monoisotopic (exact) mass is 268 g/mol. The van der Waals surface area contributed by atoms with Gasteiger partial charge in [0.1, 0.15) is 6.10 Å². The van der Waals surface area contributed by atoms with Gasteiger partial charge < -0.3 is 9.84 Å². The second-order valence-electron chi connectivity index (χ2n) is 4.63. The molecule has 0 saturated carbocycles. The highest BCUT2D eigenvalue weighted by molar-refractivity contribution is 5.85. The van der Waals surface area contributed by atoms with E-state index in [1.165, 1.54) is 19.2 Å². The van der Waals surface area contributed by atoms with Crippen LogP contribution in [0.3, 0.4) is 0 Å². The van der Waals surface area contributed by atoms with Gasteiger partial charge in [0.25, 0.3) is 0 Å². The summed E-state index contributed by atoms with van der Waals surface area (Å²) in [5.41, 5.74) is 0.549. The van der Waals surface area contributed by atoms with E-state index < -0.39 is 11.9 Å². The van der Waals surface area contributed by atoms with Gasteiger partial charge in [-0.3, -0.25) is 4.79 Å². The Balaban J connectivity index is 2.74. The van der Waals surface area contributed by atoms with E-state index in [9.17, 15) is 14.3 Å².